The minimum absolute atomic E-state index is 0.0764. The van der Waals surface area contributed by atoms with E-state index >= 15 is 0 Å². The van der Waals surface area contributed by atoms with E-state index in [1.807, 2.05) is 17.5 Å². The van der Waals surface area contributed by atoms with Crippen LogP contribution in [0.2, 0.25) is 0 Å². The number of aliphatic hydroxyl groups excluding tert-OH is 1. The van der Waals surface area contributed by atoms with Crippen molar-refractivity contribution in [3.05, 3.63) is 22.4 Å². The minimum Gasteiger partial charge on any atom is -0.386 e. The topological polar surface area (TPSA) is 49.3 Å². The van der Waals surface area contributed by atoms with Gasteiger partial charge in [-0.1, -0.05) is 18.9 Å². The Hall–Kier alpha value is -0.870. The van der Waals surface area contributed by atoms with Crippen LogP contribution < -0.4 is 5.32 Å². The third-order valence-electron chi connectivity index (χ3n) is 3.31. The second kappa shape index (κ2) is 6.17. The summed E-state index contributed by atoms with van der Waals surface area (Å²) in [7, 11) is 0. The molecule has 1 atom stereocenters. The average Bonchev–Trinajstić information content (AvgIpc) is 2.97. The first-order valence-electron chi connectivity index (χ1n) is 6.24. The van der Waals surface area contributed by atoms with Gasteiger partial charge >= 0.3 is 0 Å². The Balaban J connectivity index is 1.68. The summed E-state index contributed by atoms with van der Waals surface area (Å²) in [5.41, 5.74) is 0. The summed E-state index contributed by atoms with van der Waals surface area (Å²) in [5.74, 6) is 0.640. The number of amides is 1. The predicted octanol–water partition coefficient (Wildman–Crippen LogP) is 2.48. The number of hydrogen-bond donors (Lipinski definition) is 2. The van der Waals surface area contributed by atoms with Crippen molar-refractivity contribution in [2.75, 3.05) is 6.54 Å². The Morgan fingerprint density at radius 1 is 1.53 bits per heavy atom. The Labute approximate surface area is 106 Å². The van der Waals surface area contributed by atoms with Crippen LogP contribution in [0, 0.1) is 5.92 Å². The number of hydrogen-bond acceptors (Lipinski definition) is 3. The fourth-order valence-corrected chi connectivity index (χ4v) is 3.05. The maximum atomic E-state index is 11.7. The van der Waals surface area contributed by atoms with E-state index < -0.39 is 6.10 Å². The molecule has 0 aromatic carbocycles. The summed E-state index contributed by atoms with van der Waals surface area (Å²) in [6.07, 6.45) is 4.94. The van der Waals surface area contributed by atoms with Gasteiger partial charge < -0.3 is 10.4 Å². The van der Waals surface area contributed by atoms with Crippen molar-refractivity contribution in [3.63, 3.8) is 0 Å². The summed E-state index contributed by atoms with van der Waals surface area (Å²) in [5, 5.41) is 14.6. The Bertz CT molecular complexity index is 344. The van der Waals surface area contributed by atoms with E-state index in [0.717, 1.165) is 4.88 Å². The molecule has 1 aliphatic carbocycles. The number of aliphatic hydroxyl groups is 1. The second-order valence-corrected chi connectivity index (χ2v) is 5.67. The molecule has 1 aliphatic rings. The summed E-state index contributed by atoms with van der Waals surface area (Å²) < 4.78 is 0. The van der Waals surface area contributed by atoms with Gasteiger partial charge in [0.1, 0.15) is 6.10 Å². The molecule has 1 heterocycles. The van der Waals surface area contributed by atoms with E-state index in [0.29, 0.717) is 18.9 Å². The third kappa shape index (κ3) is 3.82. The molecular weight excluding hydrogens is 234 g/mol. The van der Waals surface area contributed by atoms with Gasteiger partial charge in [0.25, 0.3) is 0 Å². The Kier molecular flexibility index (Phi) is 4.57. The van der Waals surface area contributed by atoms with Gasteiger partial charge in [-0.2, -0.15) is 0 Å². The van der Waals surface area contributed by atoms with Crippen LogP contribution in [0.1, 0.15) is 43.1 Å². The molecule has 94 valence electrons. The van der Waals surface area contributed by atoms with Crippen molar-refractivity contribution in [2.24, 2.45) is 5.92 Å². The number of carbonyl (C=O) groups is 1. The van der Waals surface area contributed by atoms with Gasteiger partial charge in [-0.05, 0) is 30.2 Å². The van der Waals surface area contributed by atoms with Crippen LogP contribution in [-0.4, -0.2) is 17.6 Å². The van der Waals surface area contributed by atoms with Gasteiger partial charge in [0.05, 0.1) is 0 Å². The van der Waals surface area contributed by atoms with Gasteiger partial charge in [0.2, 0.25) is 5.91 Å². The monoisotopic (exact) mass is 253 g/mol. The van der Waals surface area contributed by atoms with Crippen LogP contribution in [0.3, 0.4) is 0 Å². The summed E-state index contributed by atoms with van der Waals surface area (Å²) in [4.78, 5) is 12.6. The lowest BCUT2D eigenvalue weighted by Crippen LogP contribution is -2.29. The van der Waals surface area contributed by atoms with Gasteiger partial charge in [0, 0.05) is 17.8 Å². The van der Waals surface area contributed by atoms with Crippen LogP contribution in [0.5, 0.6) is 0 Å². The summed E-state index contributed by atoms with van der Waals surface area (Å²) >= 11 is 1.51. The zero-order valence-corrected chi connectivity index (χ0v) is 10.7. The smallest absolute Gasteiger partial charge is 0.220 e. The lowest BCUT2D eigenvalue weighted by molar-refractivity contribution is -0.122. The number of thiophene rings is 1. The van der Waals surface area contributed by atoms with Crippen LogP contribution in [0.15, 0.2) is 17.5 Å². The largest absolute Gasteiger partial charge is 0.386 e. The SMILES string of the molecule is O=C(CC1CCCC1)NCC(O)c1cccs1. The standard InChI is InChI=1S/C13H19NO2S/c15-11(12-6-3-7-17-12)9-14-13(16)8-10-4-1-2-5-10/h3,6-7,10-11,15H,1-2,4-5,8-9H2,(H,14,16). The van der Waals surface area contributed by atoms with E-state index in [9.17, 15) is 9.90 Å². The van der Waals surface area contributed by atoms with E-state index in [1.54, 1.807) is 0 Å². The highest BCUT2D eigenvalue weighted by atomic mass is 32.1. The molecular formula is C13H19NO2S. The minimum atomic E-state index is -0.567. The molecule has 1 saturated carbocycles. The van der Waals surface area contributed by atoms with Gasteiger partial charge in [-0.3, -0.25) is 4.79 Å². The first kappa shape index (κ1) is 12.6. The molecule has 1 aromatic rings. The van der Waals surface area contributed by atoms with Crippen molar-refractivity contribution in [3.8, 4) is 0 Å². The predicted molar refractivity (Wildman–Crippen MR) is 68.9 cm³/mol. The first-order valence-corrected chi connectivity index (χ1v) is 7.12. The molecule has 0 spiro atoms. The van der Waals surface area contributed by atoms with E-state index in [2.05, 4.69) is 5.32 Å². The maximum absolute atomic E-state index is 11.7. The fraction of sp³-hybridized carbons (Fsp3) is 0.615. The molecule has 3 nitrogen and oxygen atoms in total. The van der Waals surface area contributed by atoms with Crippen LogP contribution in [0.25, 0.3) is 0 Å². The zero-order valence-electron chi connectivity index (χ0n) is 9.89. The molecule has 0 bridgehead atoms. The highest BCUT2D eigenvalue weighted by molar-refractivity contribution is 7.10. The molecule has 1 unspecified atom stereocenters. The zero-order chi connectivity index (χ0) is 12.1. The normalized spacial score (nSPS) is 18.2. The van der Waals surface area contributed by atoms with Gasteiger partial charge in [-0.15, -0.1) is 11.3 Å². The highest BCUT2D eigenvalue weighted by Gasteiger charge is 2.18. The highest BCUT2D eigenvalue weighted by Crippen LogP contribution is 2.27. The van der Waals surface area contributed by atoms with Crippen LogP contribution in [-0.2, 0) is 4.79 Å². The Morgan fingerprint density at radius 2 is 2.29 bits per heavy atom. The number of rotatable bonds is 5. The molecule has 1 fully saturated rings. The molecule has 1 amide bonds. The number of carbonyl (C=O) groups excluding carboxylic acids is 1. The molecule has 0 saturated heterocycles. The molecule has 2 rings (SSSR count). The van der Waals surface area contributed by atoms with Crippen LogP contribution in [0.4, 0.5) is 0 Å². The molecule has 17 heavy (non-hydrogen) atoms. The number of nitrogens with one attached hydrogen (secondary N) is 1. The van der Waals surface area contributed by atoms with Gasteiger partial charge in [0.15, 0.2) is 0 Å². The van der Waals surface area contributed by atoms with Crippen molar-refractivity contribution >= 4 is 17.2 Å². The summed E-state index contributed by atoms with van der Waals surface area (Å²) in [6.45, 7) is 0.325. The van der Waals surface area contributed by atoms with E-state index in [4.69, 9.17) is 0 Å². The van der Waals surface area contributed by atoms with E-state index in [1.165, 1.54) is 37.0 Å². The summed E-state index contributed by atoms with van der Waals surface area (Å²) in [6, 6.07) is 3.79. The lowest BCUT2D eigenvalue weighted by atomic mass is 10.0. The Morgan fingerprint density at radius 3 is 2.94 bits per heavy atom. The van der Waals surface area contributed by atoms with Crippen LogP contribution >= 0.6 is 11.3 Å². The maximum Gasteiger partial charge on any atom is 0.220 e. The van der Waals surface area contributed by atoms with Crippen molar-refractivity contribution in [1.82, 2.24) is 5.32 Å². The van der Waals surface area contributed by atoms with Crippen molar-refractivity contribution in [1.29, 1.82) is 0 Å². The first-order chi connectivity index (χ1) is 8.25. The quantitative estimate of drug-likeness (QED) is 0.847. The molecule has 4 heteroatoms. The van der Waals surface area contributed by atoms with E-state index in [-0.39, 0.29) is 5.91 Å². The molecule has 0 radical (unpaired) electrons. The average molecular weight is 253 g/mol. The fourth-order valence-electron chi connectivity index (χ4n) is 2.34. The lowest BCUT2D eigenvalue weighted by Gasteiger charge is -2.12. The van der Waals surface area contributed by atoms with Crippen molar-refractivity contribution < 1.29 is 9.90 Å². The third-order valence-corrected chi connectivity index (χ3v) is 4.29. The molecule has 0 aliphatic heterocycles. The van der Waals surface area contributed by atoms with Crippen molar-refractivity contribution in [2.45, 2.75) is 38.2 Å². The molecule has 1 aromatic heterocycles. The molecule has 2 N–H and O–H groups in total. The second-order valence-electron chi connectivity index (χ2n) is 4.69. The van der Waals surface area contributed by atoms with Gasteiger partial charge in [-0.25, -0.2) is 0 Å².